The molecule has 0 aromatic heterocycles. The van der Waals surface area contributed by atoms with Crippen LogP contribution in [0.15, 0.2) is 48.5 Å². The Hall–Kier alpha value is -3.02. The lowest BCUT2D eigenvalue weighted by atomic mass is 9.93. The molecule has 0 unspecified atom stereocenters. The quantitative estimate of drug-likeness (QED) is 0.723. The fourth-order valence-electron chi connectivity index (χ4n) is 4.97. The van der Waals surface area contributed by atoms with E-state index in [1.54, 1.807) is 0 Å². The lowest BCUT2D eigenvalue weighted by Crippen LogP contribution is -2.49. The number of carbonyl (C=O) groups excluding carboxylic acids is 2. The molecule has 0 bridgehead atoms. The summed E-state index contributed by atoms with van der Waals surface area (Å²) in [6.07, 6.45) is 3.51. The number of benzene rings is 2. The van der Waals surface area contributed by atoms with E-state index in [0.29, 0.717) is 12.3 Å². The summed E-state index contributed by atoms with van der Waals surface area (Å²) in [5, 5.41) is 2.98. The summed E-state index contributed by atoms with van der Waals surface area (Å²) in [7, 11) is 0. The molecule has 6 nitrogen and oxygen atoms in total. The highest BCUT2D eigenvalue weighted by molar-refractivity contribution is 5.89. The Balaban J connectivity index is 1.22. The first kappa shape index (κ1) is 23.1. The molecule has 2 heterocycles. The van der Waals surface area contributed by atoms with E-state index in [0.717, 1.165) is 64.2 Å². The number of piperazine rings is 1. The van der Waals surface area contributed by atoms with Crippen LogP contribution in [0.25, 0.3) is 0 Å². The number of likely N-dealkylation sites (tertiary alicyclic amines) is 1. The zero-order valence-electron chi connectivity index (χ0n) is 19.9. The Morgan fingerprint density at radius 1 is 0.909 bits per heavy atom. The molecule has 2 aromatic carbocycles. The van der Waals surface area contributed by atoms with E-state index < -0.39 is 0 Å². The van der Waals surface area contributed by atoms with E-state index in [4.69, 9.17) is 0 Å². The van der Waals surface area contributed by atoms with E-state index in [1.165, 1.54) is 16.8 Å². The summed E-state index contributed by atoms with van der Waals surface area (Å²) in [6, 6.07) is 16.0. The standard InChI is InChI=1S/C27H36N4O2/c1-21-8-6-12-25(22(21)2)29-16-18-30(19-17-29)26(32)14-13-23-9-7-15-31(20-23)27(33)28-24-10-4-3-5-11-24/h3-6,8,10-12,23H,7,9,13-20H2,1-2H3,(H,28,33)/t23-/m0/s1. The summed E-state index contributed by atoms with van der Waals surface area (Å²) in [5.74, 6) is 0.641. The summed E-state index contributed by atoms with van der Waals surface area (Å²) < 4.78 is 0. The normalized spacial score (nSPS) is 18.8. The van der Waals surface area contributed by atoms with Crippen molar-refractivity contribution >= 4 is 23.3 Å². The van der Waals surface area contributed by atoms with Gasteiger partial charge in [0.05, 0.1) is 0 Å². The lowest BCUT2D eigenvalue weighted by Gasteiger charge is -2.37. The van der Waals surface area contributed by atoms with Crippen molar-refractivity contribution in [2.45, 2.75) is 39.5 Å². The number of hydrogen-bond donors (Lipinski definition) is 1. The van der Waals surface area contributed by atoms with Gasteiger partial charge >= 0.3 is 6.03 Å². The van der Waals surface area contributed by atoms with Crippen molar-refractivity contribution in [2.24, 2.45) is 5.92 Å². The van der Waals surface area contributed by atoms with Crippen LogP contribution in [0.5, 0.6) is 0 Å². The van der Waals surface area contributed by atoms with Crippen LogP contribution in [-0.4, -0.2) is 61.0 Å². The van der Waals surface area contributed by atoms with Gasteiger partial charge in [-0.05, 0) is 68.4 Å². The Labute approximate surface area is 197 Å². The van der Waals surface area contributed by atoms with Crippen molar-refractivity contribution < 1.29 is 9.59 Å². The van der Waals surface area contributed by atoms with Crippen LogP contribution >= 0.6 is 0 Å². The van der Waals surface area contributed by atoms with Crippen molar-refractivity contribution in [3.63, 3.8) is 0 Å². The third-order valence-corrected chi connectivity index (χ3v) is 7.15. The maximum Gasteiger partial charge on any atom is 0.321 e. The molecule has 0 spiro atoms. The highest BCUT2D eigenvalue weighted by Gasteiger charge is 2.26. The first-order valence-electron chi connectivity index (χ1n) is 12.2. The van der Waals surface area contributed by atoms with Crippen molar-refractivity contribution in [3.05, 3.63) is 59.7 Å². The molecule has 2 aliphatic heterocycles. The van der Waals surface area contributed by atoms with E-state index in [2.05, 4.69) is 42.3 Å². The van der Waals surface area contributed by atoms with Gasteiger partial charge in [-0.1, -0.05) is 30.3 Å². The number of urea groups is 1. The summed E-state index contributed by atoms with van der Waals surface area (Å²) in [4.78, 5) is 31.8. The monoisotopic (exact) mass is 448 g/mol. The molecule has 1 N–H and O–H groups in total. The van der Waals surface area contributed by atoms with Crippen LogP contribution in [0.4, 0.5) is 16.2 Å². The second kappa shape index (κ2) is 10.7. The van der Waals surface area contributed by atoms with Gasteiger partial charge in [0.2, 0.25) is 5.91 Å². The Morgan fingerprint density at radius 3 is 2.42 bits per heavy atom. The predicted octanol–water partition coefficient (Wildman–Crippen LogP) is 4.68. The van der Waals surface area contributed by atoms with Gasteiger partial charge in [-0.2, -0.15) is 0 Å². The minimum Gasteiger partial charge on any atom is -0.368 e. The fraction of sp³-hybridized carbons (Fsp3) is 0.481. The van der Waals surface area contributed by atoms with Crippen molar-refractivity contribution in [1.29, 1.82) is 0 Å². The number of carbonyl (C=O) groups is 2. The number of piperidine rings is 1. The van der Waals surface area contributed by atoms with E-state index in [9.17, 15) is 9.59 Å². The number of nitrogens with zero attached hydrogens (tertiary/aromatic N) is 3. The Bertz CT molecular complexity index is 954. The summed E-state index contributed by atoms with van der Waals surface area (Å²) >= 11 is 0. The maximum absolute atomic E-state index is 12.9. The second-order valence-electron chi connectivity index (χ2n) is 9.38. The zero-order chi connectivity index (χ0) is 23.2. The van der Waals surface area contributed by atoms with Gasteiger partial charge in [0.1, 0.15) is 0 Å². The minimum atomic E-state index is -0.0419. The molecular formula is C27H36N4O2. The lowest BCUT2D eigenvalue weighted by molar-refractivity contribution is -0.131. The van der Waals surface area contributed by atoms with E-state index in [-0.39, 0.29) is 11.9 Å². The largest absolute Gasteiger partial charge is 0.368 e. The van der Waals surface area contributed by atoms with Crippen LogP contribution in [0.2, 0.25) is 0 Å². The molecule has 2 aliphatic rings. The molecule has 2 saturated heterocycles. The topological polar surface area (TPSA) is 55.9 Å². The second-order valence-corrected chi connectivity index (χ2v) is 9.38. The Kier molecular flexibility index (Phi) is 7.53. The molecule has 3 amide bonds. The van der Waals surface area contributed by atoms with Gasteiger partial charge in [0, 0.05) is 57.1 Å². The van der Waals surface area contributed by atoms with Crippen LogP contribution in [-0.2, 0) is 4.79 Å². The maximum atomic E-state index is 12.9. The van der Waals surface area contributed by atoms with E-state index in [1.807, 2.05) is 40.1 Å². The van der Waals surface area contributed by atoms with E-state index >= 15 is 0 Å². The van der Waals surface area contributed by atoms with Gasteiger partial charge in [-0.3, -0.25) is 4.79 Å². The van der Waals surface area contributed by atoms with Gasteiger partial charge in [0.15, 0.2) is 0 Å². The number of aryl methyl sites for hydroxylation is 1. The molecule has 2 fully saturated rings. The van der Waals surface area contributed by atoms with Crippen molar-refractivity contribution in [1.82, 2.24) is 9.80 Å². The number of amides is 3. The third kappa shape index (κ3) is 5.86. The number of nitrogens with one attached hydrogen (secondary N) is 1. The number of para-hydroxylation sites is 1. The fourth-order valence-corrected chi connectivity index (χ4v) is 4.97. The number of rotatable bonds is 5. The highest BCUT2D eigenvalue weighted by Crippen LogP contribution is 2.25. The zero-order valence-corrected chi connectivity index (χ0v) is 19.9. The first-order chi connectivity index (χ1) is 16.0. The van der Waals surface area contributed by atoms with Crippen molar-refractivity contribution in [2.75, 3.05) is 49.5 Å². The number of hydrogen-bond acceptors (Lipinski definition) is 3. The smallest absolute Gasteiger partial charge is 0.321 e. The summed E-state index contributed by atoms with van der Waals surface area (Å²) in [6.45, 7) is 9.16. The van der Waals surface area contributed by atoms with Gasteiger partial charge < -0.3 is 20.0 Å². The van der Waals surface area contributed by atoms with Crippen molar-refractivity contribution in [3.8, 4) is 0 Å². The molecular weight excluding hydrogens is 412 g/mol. The Morgan fingerprint density at radius 2 is 1.67 bits per heavy atom. The van der Waals surface area contributed by atoms with Gasteiger partial charge in [0.25, 0.3) is 0 Å². The molecule has 176 valence electrons. The average molecular weight is 449 g/mol. The molecule has 0 saturated carbocycles. The summed E-state index contributed by atoms with van der Waals surface area (Å²) in [5.41, 5.74) is 4.75. The van der Waals surface area contributed by atoms with Crippen LogP contribution < -0.4 is 10.2 Å². The average Bonchev–Trinajstić information content (AvgIpc) is 2.85. The minimum absolute atomic E-state index is 0.0419. The molecule has 4 rings (SSSR count). The van der Waals surface area contributed by atoms with Crippen LogP contribution in [0.3, 0.4) is 0 Å². The molecule has 0 aliphatic carbocycles. The predicted molar refractivity (Wildman–Crippen MR) is 134 cm³/mol. The first-order valence-corrected chi connectivity index (χ1v) is 12.2. The molecule has 6 heteroatoms. The van der Waals surface area contributed by atoms with Crippen LogP contribution in [0.1, 0.15) is 36.8 Å². The SMILES string of the molecule is Cc1cccc(N2CCN(C(=O)CC[C@@H]3CCCN(C(=O)Nc4ccccc4)C3)CC2)c1C. The third-order valence-electron chi connectivity index (χ3n) is 7.15. The number of anilines is 2. The van der Waals surface area contributed by atoms with Gasteiger partial charge in [-0.15, -0.1) is 0 Å². The van der Waals surface area contributed by atoms with Crippen LogP contribution in [0, 0.1) is 19.8 Å². The molecule has 1 atom stereocenters. The highest BCUT2D eigenvalue weighted by atomic mass is 16.2. The molecule has 33 heavy (non-hydrogen) atoms. The molecule has 2 aromatic rings. The van der Waals surface area contributed by atoms with Gasteiger partial charge in [-0.25, -0.2) is 4.79 Å². The molecule has 0 radical (unpaired) electrons.